The minimum atomic E-state index is -0.507. The summed E-state index contributed by atoms with van der Waals surface area (Å²) in [4.78, 5) is 24.0. The van der Waals surface area contributed by atoms with Gasteiger partial charge in [-0.25, -0.2) is 0 Å². The van der Waals surface area contributed by atoms with Crippen LogP contribution in [0.25, 0.3) is 11.1 Å². The van der Waals surface area contributed by atoms with E-state index in [0.29, 0.717) is 5.69 Å². The molecule has 2 aromatic rings. The van der Waals surface area contributed by atoms with Crippen LogP contribution in [0.1, 0.15) is 6.92 Å². The van der Waals surface area contributed by atoms with Crippen LogP contribution < -0.4 is 4.90 Å². The number of hydrogen-bond acceptors (Lipinski definition) is 2. The first-order chi connectivity index (χ1) is 9.09. The van der Waals surface area contributed by atoms with Crippen molar-refractivity contribution >= 4 is 17.4 Å². The summed E-state index contributed by atoms with van der Waals surface area (Å²) in [6.07, 6.45) is 0. The molecule has 0 saturated carbocycles. The van der Waals surface area contributed by atoms with Crippen LogP contribution in [-0.2, 0) is 9.59 Å². The van der Waals surface area contributed by atoms with E-state index in [1.165, 1.54) is 11.8 Å². The molecule has 0 atom stereocenters. The number of anilines is 1. The molecular weight excluding hydrogens is 238 g/mol. The van der Waals surface area contributed by atoms with Crippen LogP contribution in [0.5, 0.6) is 0 Å². The second kappa shape index (κ2) is 5.48. The lowest BCUT2D eigenvalue weighted by molar-refractivity contribution is -0.134. The molecule has 0 aliphatic carbocycles. The van der Waals surface area contributed by atoms with Crippen molar-refractivity contribution in [2.45, 2.75) is 6.92 Å². The maximum Gasteiger partial charge on any atom is 0.293 e. The Hall–Kier alpha value is -2.42. The molecule has 3 heteroatoms. The third-order valence-corrected chi connectivity index (χ3v) is 2.97. The highest BCUT2D eigenvalue weighted by Gasteiger charge is 2.15. The van der Waals surface area contributed by atoms with Crippen molar-refractivity contribution in [3.05, 3.63) is 54.6 Å². The lowest BCUT2D eigenvalue weighted by Crippen LogP contribution is -2.31. The van der Waals surface area contributed by atoms with Crippen molar-refractivity contribution in [1.82, 2.24) is 0 Å². The van der Waals surface area contributed by atoms with Gasteiger partial charge in [0, 0.05) is 19.7 Å². The molecule has 0 aliphatic rings. The number of likely N-dealkylation sites (N-methyl/N-ethyl adjacent to an activating group) is 1. The monoisotopic (exact) mass is 253 g/mol. The quantitative estimate of drug-likeness (QED) is 0.789. The van der Waals surface area contributed by atoms with E-state index in [0.717, 1.165) is 11.1 Å². The number of benzene rings is 2. The highest BCUT2D eigenvalue weighted by Crippen LogP contribution is 2.22. The highest BCUT2D eigenvalue weighted by atomic mass is 16.2. The van der Waals surface area contributed by atoms with E-state index in [9.17, 15) is 9.59 Å². The van der Waals surface area contributed by atoms with Gasteiger partial charge in [0.25, 0.3) is 5.91 Å². The summed E-state index contributed by atoms with van der Waals surface area (Å²) in [5.74, 6) is -0.970. The summed E-state index contributed by atoms with van der Waals surface area (Å²) >= 11 is 0. The van der Waals surface area contributed by atoms with E-state index in [1.54, 1.807) is 7.05 Å². The SMILES string of the molecule is CC(=O)C(=O)N(C)c1ccc(-c2ccccc2)cc1. The molecule has 19 heavy (non-hydrogen) atoms. The average Bonchev–Trinajstić information content (AvgIpc) is 2.46. The van der Waals surface area contributed by atoms with Crippen molar-refractivity contribution in [1.29, 1.82) is 0 Å². The minimum Gasteiger partial charge on any atom is -0.309 e. The fourth-order valence-corrected chi connectivity index (χ4v) is 1.86. The molecule has 0 N–H and O–H groups in total. The number of nitrogens with zero attached hydrogens (tertiary/aromatic N) is 1. The molecule has 0 saturated heterocycles. The molecule has 0 bridgehead atoms. The second-order valence-corrected chi connectivity index (χ2v) is 4.33. The van der Waals surface area contributed by atoms with Crippen molar-refractivity contribution in [2.75, 3.05) is 11.9 Å². The zero-order valence-corrected chi connectivity index (χ0v) is 11.0. The van der Waals surface area contributed by atoms with E-state index in [4.69, 9.17) is 0 Å². The van der Waals surface area contributed by atoms with E-state index < -0.39 is 11.7 Å². The number of carbonyl (C=O) groups is 2. The van der Waals surface area contributed by atoms with Gasteiger partial charge in [-0.1, -0.05) is 42.5 Å². The minimum absolute atomic E-state index is 0.463. The first kappa shape index (κ1) is 13.0. The van der Waals surface area contributed by atoms with Crippen molar-refractivity contribution in [3.8, 4) is 11.1 Å². The summed E-state index contributed by atoms with van der Waals surface area (Å²) in [5.41, 5.74) is 2.91. The summed E-state index contributed by atoms with van der Waals surface area (Å²) in [6.45, 7) is 1.27. The van der Waals surface area contributed by atoms with Crippen LogP contribution in [0.15, 0.2) is 54.6 Å². The van der Waals surface area contributed by atoms with Crippen LogP contribution in [-0.4, -0.2) is 18.7 Å². The molecule has 0 aromatic heterocycles. The topological polar surface area (TPSA) is 37.4 Å². The summed E-state index contributed by atoms with van der Waals surface area (Å²) in [5, 5.41) is 0. The maximum atomic E-state index is 11.6. The second-order valence-electron chi connectivity index (χ2n) is 4.33. The van der Waals surface area contributed by atoms with Gasteiger partial charge >= 0.3 is 0 Å². The Morgan fingerprint density at radius 1 is 0.842 bits per heavy atom. The standard InChI is InChI=1S/C16H15NO2/c1-12(18)16(19)17(2)15-10-8-14(9-11-15)13-6-4-3-5-7-13/h3-11H,1-2H3. The van der Waals surface area contributed by atoms with Gasteiger partial charge in [-0.2, -0.15) is 0 Å². The Kier molecular flexibility index (Phi) is 3.76. The Morgan fingerprint density at radius 3 is 1.89 bits per heavy atom. The van der Waals surface area contributed by atoms with Crippen molar-refractivity contribution in [2.24, 2.45) is 0 Å². The first-order valence-corrected chi connectivity index (χ1v) is 6.03. The number of rotatable bonds is 3. The van der Waals surface area contributed by atoms with Gasteiger partial charge in [-0.05, 0) is 23.3 Å². The number of ketones is 1. The zero-order valence-electron chi connectivity index (χ0n) is 11.0. The maximum absolute atomic E-state index is 11.6. The van der Waals surface area contributed by atoms with E-state index in [1.807, 2.05) is 54.6 Å². The average molecular weight is 253 g/mol. The Balaban J connectivity index is 2.24. The number of carbonyl (C=O) groups excluding carboxylic acids is 2. The van der Waals surface area contributed by atoms with Crippen LogP contribution in [0.2, 0.25) is 0 Å². The molecule has 0 unspecified atom stereocenters. The van der Waals surface area contributed by atoms with Crippen LogP contribution in [0.4, 0.5) is 5.69 Å². The normalized spacial score (nSPS) is 10.0. The summed E-state index contributed by atoms with van der Waals surface area (Å²) in [6, 6.07) is 17.5. The van der Waals surface area contributed by atoms with Gasteiger partial charge < -0.3 is 4.90 Å². The third-order valence-electron chi connectivity index (χ3n) is 2.97. The Morgan fingerprint density at radius 2 is 1.37 bits per heavy atom. The number of hydrogen-bond donors (Lipinski definition) is 0. The Labute approximate surface area is 112 Å². The fraction of sp³-hybridized carbons (Fsp3) is 0.125. The van der Waals surface area contributed by atoms with Gasteiger partial charge in [0.1, 0.15) is 0 Å². The van der Waals surface area contributed by atoms with Crippen LogP contribution in [0, 0.1) is 0 Å². The summed E-state index contributed by atoms with van der Waals surface area (Å²) < 4.78 is 0. The molecule has 0 spiro atoms. The highest BCUT2D eigenvalue weighted by molar-refractivity contribution is 6.40. The molecule has 2 aromatic carbocycles. The number of Topliss-reactive ketones (excluding diaryl/α,β-unsaturated/α-hetero) is 1. The third kappa shape index (κ3) is 2.88. The van der Waals surface area contributed by atoms with Gasteiger partial charge in [0.15, 0.2) is 0 Å². The molecule has 2 rings (SSSR count). The van der Waals surface area contributed by atoms with Gasteiger partial charge in [-0.3, -0.25) is 9.59 Å². The molecule has 0 radical (unpaired) electrons. The molecule has 1 amide bonds. The number of amides is 1. The van der Waals surface area contributed by atoms with Crippen LogP contribution >= 0.6 is 0 Å². The van der Waals surface area contributed by atoms with Crippen molar-refractivity contribution in [3.63, 3.8) is 0 Å². The van der Waals surface area contributed by atoms with Crippen LogP contribution in [0.3, 0.4) is 0 Å². The lowest BCUT2D eigenvalue weighted by Gasteiger charge is -2.15. The Bertz CT molecular complexity index is 588. The van der Waals surface area contributed by atoms with Crippen molar-refractivity contribution < 1.29 is 9.59 Å². The fourth-order valence-electron chi connectivity index (χ4n) is 1.86. The lowest BCUT2D eigenvalue weighted by atomic mass is 10.1. The van der Waals surface area contributed by atoms with E-state index in [-0.39, 0.29) is 0 Å². The molecule has 0 heterocycles. The predicted octanol–water partition coefficient (Wildman–Crippen LogP) is 2.91. The molecular formula is C16H15NO2. The molecule has 0 fully saturated rings. The summed E-state index contributed by atoms with van der Waals surface area (Å²) in [7, 11) is 1.60. The molecule has 0 aliphatic heterocycles. The molecule has 96 valence electrons. The first-order valence-electron chi connectivity index (χ1n) is 6.03. The van der Waals surface area contributed by atoms with E-state index >= 15 is 0 Å². The largest absolute Gasteiger partial charge is 0.309 e. The van der Waals surface area contributed by atoms with E-state index in [2.05, 4.69) is 0 Å². The van der Waals surface area contributed by atoms with Gasteiger partial charge in [0.05, 0.1) is 0 Å². The predicted molar refractivity (Wildman–Crippen MR) is 76.0 cm³/mol. The smallest absolute Gasteiger partial charge is 0.293 e. The van der Waals surface area contributed by atoms with Gasteiger partial charge in [-0.15, -0.1) is 0 Å². The zero-order chi connectivity index (χ0) is 13.8. The molecule has 3 nitrogen and oxygen atoms in total. The van der Waals surface area contributed by atoms with Gasteiger partial charge in [0.2, 0.25) is 5.78 Å².